The van der Waals surface area contributed by atoms with Crippen LogP contribution in [-0.4, -0.2) is 70.2 Å². The predicted molar refractivity (Wildman–Crippen MR) is 100 cm³/mol. The second kappa shape index (κ2) is 8.24. The molecule has 152 valence electrons. The highest BCUT2D eigenvalue weighted by Crippen LogP contribution is 2.34. The molecule has 2 heterocycles. The van der Waals surface area contributed by atoms with Crippen LogP contribution in [-0.2, 0) is 0 Å². The molecule has 28 heavy (non-hydrogen) atoms. The van der Waals surface area contributed by atoms with Gasteiger partial charge < -0.3 is 15.7 Å². The van der Waals surface area contributed by atoms with Gasteiger partial charge >= 0.3 is 6.18 Å². The van der Waals surface area contributed by atoms with Crippen LogP contribution in [0.25, 0.3) is 11.3 Å². The lowest BCUT2D eigenvalue weighted by Gasteiger charge is -2.35. The molecule has 0 amide bonds. The van der Waals surface area contributed by atoms with Crippen molar-refractivity contribution in [2.75, 3.05) is 43.4 Å². The molecular weight excluding hydrogens is 420 g/mol. The van der Waals surface area contributed by atoms with Crippen molar-refractivity contribution < 1.29 is 18.3 Å². The fourth-order valence-electron chi connectivity index (χ4n) is 2.82. The Morgan fingerprint density at radius 2 is 1.82 bits per heavy atom. The Balaban J connectivity index is 1.68. The van der Waals surface area contributed by atoms with Crippen LogP contribution in [0.2, 0.25) is 10.0 Å². The molecule has 1 atom stereocenters. The van der Waals surface area contributed by atoms with E-state index in [4.69, 9.17) is 28.9 Å². The van der Waals surface area contributed by atoms with Gasteiger partial charge in [0, 0.05) is 38.3 Å². The van der Waals surface area contributed by atoms with Gasteiger partial charge in [-0.05, 0) is 6.07 Å². The van der Waals surface area contributed by atoms with Gasteiger partial charge in [-0.25, -0.2) is 0 Å². The van der Waals surface area contributed by atoms with Gasteiger partial charge in [-0.3, -0.25) is 4.90 Å². The average Bonchev–Trinajstić information content (AvgIpc) is 2.64. The van der Waals surface area contributed by atoms with Crippen molar-refractivity contribution in [2.24, 2.45) is 0 Å². The van der Waals surface area contributed by atoms with Crippen LogP contribution in [0.5, 0.6) is 0 Å². The molecule has 0 aliphatic carbocycles. The third-order valence-electron chi connectivity index (χ3n) is 4.37. The zero-order chi connectivity index (χ0) is 20.5. The van der Waals surface area contributed by atoms with Gasteiger partial charge in [0.05, 0.1) is 10.0 Å². The van der Waals surface area contributed by atoms with Crippen molar-refractivity contribution in [2.45, 2.75) is 12.3 Å². The number of hydrogen-bond donors (Lipinski definition) is 2. The summed E-state index contributed by atoms with van der Waals surface area (Å²) in [7, 11) is 0. The number of piperazine rings is 1. The Morgan fingerprint density at radius 3 is 2.43 bits per heavy atom. The number of nitrogens with zero attached hydrogens (tertiary/aromatic N) is 5. The monoisotopic (exact) mass is 436 g/mol. The summed E-state index contributed by atoms with van der Waals surface area (Å²) in [5, 5.41) is 18.0. The van der Waals surface area contributed by atoms with E-state index in [-0.39, 0.29) is 16.8 Å². The standard InChI is InChI=1S/C16H17Cl2F3N6O/c17-10-3-1-2-9(12(10)18)13-14(22)23-15(25-24-13)27-6-4-26(5-7-27)8-11(28)16(19,20)21/h1-3,11,28H,4-8H2,(H2,22,23,25). The molecule has 0 bridgehead atoms. The van der Waals surface area contributed by atoms with Crippen LogP contribution in [0, 0.1) is 0 Å². The number of aromatic nitrogens is 3. The minimum Gasteiger partial charge on any atom is -0.382 e. The molecule has 3 rings (SSSR count). The second-order valence-electron chi connectivity index (χ2n) is 6.29. The summed E-state index contributed by atoms with van der Waals surface area (Å²) in [6.45, 7) is 0.924. The van der Waals surface area contributed by atoms with Gasteiger partial charge in [-0.15, -0.1) is 10.2 Å². The Hall–Kier alpha value is -1.88. The highest BCUT2D eigenvalue weighted by Gasteiger charge is 2.39. The molecule has 1 aliphatic heterocycles. The molecule has 1 fully saturated rings. The molecule has 1 aromatic carbocycles. The van der Waals surface area contributed by atoms with E-state index in [0.717, 1.165) is 0 Å². The topological polar surface area (TPSA) is 91.4 Å². The van der Waals surface area contributed by atoms with E-state index in [1.54, 1.807) is 23.1 Å². The normalized spacial score (nSPS) is 17.0. The molecule has 1 aromatic heterocycles. The maximum absolute atomic E-state index is 12.5. The largest absolute Gasteiger partial charge is 0.415 e. The first-order chi connectivity index (χ1) is 13.2. The Labute approximate surface area is 168 Å². The van der Waals surface area contributed by atoms with Gasteiger partial charge in [-0.2, -0.15) is 18.2 Å². The summed E-state index contributed by atoms with van der Waals surface area (Å²) in [5.41, 5.74) is 6.81. The van der Waals surface area contributed by atoms with Crippen molar-refractivity contribution >= 4 is 35.0 Å². The number of nitrogens with two attached hydrogens (primary N) is 1. The van der Waals surface area contributed by atoms with E-state index in [2.05, 4.69) is 15.2 Å². The maximum Gasteiger partial charge on any atom is 0.415 e. The molecular formula is C16H17Cl2F3N6O. The number of β-amino-alcohol motifs (C(OH)–C–C–N with tert-alkyl or cyclic N) is 1. The minimum atomic E-state index is -4.63. The van der Waals surface area contributed by atoms with Crippen LogP contribution in [0.4, 0.5) is 24.9 Å². The molecule has 0 saturated carbocycles. The minimum absolute atomic E-state index is 0.115. The highest BCUT2D eigenvalue weighted by atomic mass is 35.5. The lowest BCUT2D eigenvalue weighted by atomic mass is 10.1. The predicted octanol–water partition coefficient (Wildman–Crippen LogP) is 2.47. The summed E-state index contributed by atoms with van der Waals surface area (Å²) < 4.78 is 37.4. The Bertz CT molecular complexity index is 846. The number of aliphatic hydroxyl groups is 1. The first kappa shape index (κ1) is 20.8. The average molecular weight is 437 g/mol. The number of benzene rings is 1. The number of aliphatic hydroxyl groups excluding tert-OH is 1. The number of rotatable bonds is 4. The fourth-order valence-corrected chi connectivity index (χ4v) is 3.21. The van der Waals surface area contributed by atoms with Gasteiger partial charge in [0.15, 0.2) is 11.9 Å². The zero-order valence-corrected chi connectivity index (χ0v) is 16.0. The molecule has 1 saturated heterocycles. The first-order valence-corrected chi connectivity index (χ1v) is 9.09. The Kier molecular flexibility index (Phi) is 6.13. The van der Waals surface area contributed by atoms with Gasteiger partial charge in [-0.1, -0.05) is 35.3 Å². The number of hydrogen-bond acceptors (Lipinski definition) is 7. The van der Waals surface area contributed by atoms with E-state index in [1.807, 2.05) is 0 Å². The third kappa shape index (κ3) is 4.57. The van der Waals surface area contributed by atoms with Crippen LogP contribution >= 0.6 is 23.2 Å². The zero-order valence-electron chi connectivity index (χ0n) is 14.5. The molecule has 0 spiro atoms. The summed E-state index contributed by atoms with van der Waals surface area (Å²) in [5.74, 6) is 0.388. The van der Waals surface area contributed by atoms with Gasteiger partial charge in [0.25, 0.3) is 0 Å². The molecule has 3 N–H and O–H groups in total. The van der Waals surface area contributed by atoms with E-state index in [9.17, 15) is 18.3 Å². The quantitative estimate of drug-likeness (QED) is 0.760. The maximum atomic E-state index is 12.5. The van der Waals surface area contributed by atoms with Gasteiger partial charge in [0.1, 0.15) is 5.69 Å². The SMILES string of the molecule is Nc1nc(N2CCN(CC(O)C(F)(F)F)CC2)nnc1-c1cccc(Cl)c1Cl. The van der Waals surface area contributed by atoms with Crippen LogP contribution in [0.15, 0.2) is 18.2 Å². The summed E-state index contributed by atoms with van der Waals surface area (Å²) in [6, 6.07) is 5.03. The van der Waals surface area contributed by atoms with E-state index >= 15 is 0 Å². The van der Waals surface area contributed by atoms with Gasteiger partial charge in [0.2, 0.25) is 5.95 Å². The lowest BCUT2D eigenvalue weighted by molar-refractivity contribution is -0.208. The lowest BCUT2D eigenvalue weighted by Crippen LogP contribution is -2.51. The summed E-state index contributed by atoms with van der Waals surface area (Å²) in [6.07, 6.45) is -7.00. The van der Waals surface area contributed by atoms with Crippen molar-refractivity contribution in [1.29, 1.82) is 0 Å². The molecule has 2 aromatic rings. The van der Waals surface area contributed by atoms with Crippen LogP contribution in [0.3, 0.4) is 0 Å². The summed E-state index contributed by atoms with van der Waals surface area (Å²) >= 11 is 12.2. The smallest absolute Gasteiger partial charge is 0.382 e. The first-order valence-electron chi connectivity index (χ1n) is 8.33. The Morgan fingerprint density at radius 1 is 1.14 bits per heavy atom. The molecule has 1 aliphatic rings. The van der Waals surface area contributed by atoms with Crippen molar-refractivity contribution in [3.05, 3.63) is 28.2 Å². The molecule has 0 radical (unpaired) electrons. The second-order valence-corrected chi connectivity index (χ2v) is 7.08. The van der Waals surface area contributed by atoms with E-state index < -0.39 is 18.8 Å². The van der Waals surface area contributed by atoms with Crippen molar-refractivity contribution in [1.82, 2.24) is 20.1 Å². The fraction of sp³-hybridized carbons (Fsp3) is 0.438. The highest BCUT2D eigenvalue weighted by molar-refractivity contribution is 6.43. The molecule has 12 heteroatoms. The number of halogens is 5. The van der Waals surface area contributed by atoms with Crippen LogP contribution < -0.4 is 10.6 Å². The molecule has 1 unspecified atom stereocenters. The molecule has 7 nitrogen and oxygen atoms in total. The van der Waals surface area contributed by atoms with Crippen LogP contribution in [0.1, 0.15) is 0 Å². The van der Waals surface area contributed by atoms with E-state index in [1.165, 1.54) is 4.90 Å². The number of anilines is 2. The number of alkyl halides is 3. The van der Waals surface area contributed by atoms with Crippen molar-refractivity contribution in [3.63, 3.8) is 0 Å². The van der Waals surface area contributed by atoms with Crippen molar-refractivity contribution in [3.8, 4) is 11.3 Å². The van der Waals surface area contributed by atoms with E-state index in [0.29, 0.717) is 42.5 Å². The summed E-state index contributed by atoms with van der Waals surface area (Å²) in [4.78, 5) is 7.55. The number of nitrogen functional groups attached to an aromatic ring is 1. The third-order valence-corrected chi connectivity index (χ3v) is 5.19.